The summed E-state index contributed by atoms with van der Waals surface area (Å²) in [6.07, 6.45) is 1.85. The number of aliphatic imine (C=N–C) groups is 1. The highest BCUT2D eigenvalue weighted by Crippen LogP contribution is 2.47. The Morgan fingerprint density at radius 3 is 2.88 bits per heavy atom. The summed E-state index contributed by atoms with van der Waals surface area (Å²) in [6.45, 7) is 3.29. The Labute approximate surface area is 159 Å². The third-order valence-electron chi connectivity index (χ3n) is 4.40. The molecule has 0 spiro atoms. The molecule has 124 valence electrons. The van der Waals surface area contributed by atoms with Crippen LogP contribution in [0, 0.1) is 3.57 Å². The molecule has 0 aliphatic carbocycles. The zero-order valence-electron chi connectivity index (χ0n) is 13.5. The molecule has 3 atom stereocenters. The molecular formula is C18H18IN3OS. The van der Waals surface area contributed by atoms with Gasteiger partial charge in [0.15, 0.2) is 5.17 Å². The monoisotopic (exact) mass is 451 g/mol. The molecule has 1 aromatic heterocycles. The van der Waals surface area contributed by atoms with Gasteiger partial charge in [-0.3, -0.25) is 9.98 Å². The highest BCUT2D eigenvalue weighted by molar-refractivity contribution is 14.1. The number of ether oxygens (including phenoxy) is 1. The Kier molecular flexibility index (Phi) is 4.42. The topological polar surface area (TPSA) is 37.7 Å². The number of methoxy groups -OCH3 is 1. The van der Waals surface area contributed by atoms with Gasteiger partial charge in [-0.2, -0.15) is 0 Å². The van der Waals surface area contributed by atoms with Crippen LogP contribution in [0.15, 0.2) is 47.6 Å². The fourth-order valence-electron chi connectivity index (χ4n) is 3.34. The Hall–Kier alpha value is -1.28. The summed E-state index contributed by atoms with van der Waals surface area (Å²) < 4.78 is 6.54. The number of fused-ring (bicyclic) bond motifs is 1. The van der Waals surface area contributed by atoms with Crippen molar-refractivity contribution < 1.29 is 4.74 Å². The third-order valence-corrected chi connectivity index (χ3v) is 6.34. The van der Waals surface area contributed by atoms with E-state index in [-0.39, 0.29) is 12.1 Å². The van der Waals surface area contributed by atoms with Crippen LogP contribution in [0.2, 0.25) is 0 Å². The number of amidine groups is 1. The van der Waals surface area contributed by atoms with Crippen molar-refractivity contribution in [3.05, 3.63) is 57.4 Å². The first kappa shape index (κ1) is 16.2. The SMILES string of the molecule is COc1ccc([C@H]2[C@@H](c3ccccn3)N=C3S[C@@H](C)CN32)cc1I. The molecule has 4 rings (SSSR count). The van der Waals surface area contributed by atoms with E-state index in [0.717, 1.165) is 26.7 Å². The van der Waals surface area contributed by atoms with Gasteiger partial charge in [-0.25, -0.2) is 0 Å². The Morgan fingerprint density at radius 2 is 2.17 bits per heavy atom. The van der Waals surface area contributed by atoms with Crippen molar-refractivity contribution in [3.8, 4) is 5.75 Å². The maximum absolute atomic E-state index is 5.41. The molecule has 24 heavy (non-hydrogen) atoms. The summed E-state index contributed by atoms with van der Waals surface area (Å²) in [5.74, 6) is 0.914. The molecule has 4 nitrogen and oxygen atoms in total. The lowest BCUT2D eigenvalue weighted by Gasteiger charge is -2.27. The van der Waals surface area contributed by atoms with E-state index in [1.807, 2.05) is 30.1 Å². The van der Waals surface area contributed by atoms with Crippen LogP contribution in [-0.4, -0.2) is 34.0 Å². The van der Waals surface area contributed by atoms with Crippen molar-refractivity contribution >= 4 is 39.5 Å². The number of pyridine rings is 1. The third kappa shape index (κ3) is 2.79. The van der Waals surface area contributed by atoms with Crippen LogP contribution in [0.5, 0.6) is 5.75 Å². The van der Waals surface area contributed by atoms with E-state index in [1.165, 1.54) is 5.56 Å². The first-order chi connectivity index (χ1) is 11.7. The van der Waals surface area contributed by atoms with Gasteiger partial charge < -0.3 is 9.64 Å². The van der Waals surface area contributed by atoms with Crippen LogP contribution in [0.1, 0.15) is 30.3 Å². The van der Waals surface area contributed by atoms with Crippen LogP contribution >= 0.6 is 34.4 Å². The molecule has 2 aromatic rings. The van der Waals surface area contributed by atoms with Gasteiger partial charge in [-0.15, -0.1) is 0 Å². The fourth-order valence-corrected chi connectivity index (χ4v) is 5.20. The van der Waals surface area contributed by atoms with Crippen molar-refractivity contribution in [2.45, 2.75) is 24.3 Å². The molecule has 1 aromatic carbocycles. The first-order valence-corrected chi connectivity index (χ1v) is 9.88. The van der Waals surface area contributed by atoms with Gasteiger partial charge in [0, 0.05) is 18.0 Å². The van der Waals surface area contributed by atoms with E-state index in [1.54, 1.807) is 7.11 Å². The van der Waals surface area contributed by atoms with Gasteiger partial charge in [-0.05, 0) is 52.4 Å². The Morgan fingerprint density at radius 1 is 1.29 bits per heavy atom. The average Bonchev–Trinajstić information content (AvgIpc) is 3.11. The molecule has 0 amide bonds. The number of hydrogen-bond acceptors (Lipinski definition) is 5. The summed E-state index contributed by atoms with van der Waals surface area (Å²) in [7, 11) is 1.71. The van der Waals surface area contributed by atoms with Gasteiger partial charge in [0.05, 0.1) is 22.4 Å². The van der Waals surface area contributed by atoms with Crippen LogP contribution in [0.3, 0.4) is 0 Å². The standard InChI is InChI=1S/C18H18IN3OS/c1-11-10-22-17(12-6-7-15(23-2)13(19)9-12)16(21-18(22)24-11)14-5-3-4-8-20-14/h3-9,11,16-17H,10H2,1-2H3/t11-,16+,17-/m0/s1. The number of thioether (sulfide) groups is 1. The highest BCUT2D eigenvalue weighted by Gasteiger charge is 2.43. The van der Waals surface area contributed by atoms with Gasteiger partial charge in [0.25, 0.3) is 0 Å². The normalized spacial score (nSPS) is 25.5. The second kappa shape index (κ2) is 6.55. The molecule has 0 saturated carbocycles. The van der Waals surface area contributed by atoms with Crippen molar-refractivity contribution in [1.82, 2.24) is 9.88 Å². The number of hydrogen-bond donors (Lipinski definition) is 0. The van der Waals surface area contributed by atoms with Crippen molar-refractivity contribution in [2.75, 3.05) is 13.7 Å². The molecule has 0 unspecified atom stereocenters. The summed E-state index contributed by atoms with van der Waals surface area (Å²) in [5, 5.41) is 1.72. The minimum Gasteiger partial charge on any atom is -0.496 e. The maximum atomic E-state index is 5.41. The van der Waals surface area contributed by atoms with Crippen LogP contribution in [0.4, 0.5) is 0 Å². The molecule has 2 aliphatic heterocycles. The van der Waals surface area contributed by atoms with E-state index in [9.17, 15) is 0 Å². The summed E-state index contributed by atoms with van der Waals surface area (Å²) in [4.78, 5) is 12.0. The first-order valence-electron chi connectivity index (χ1n) is 7.93. The predicted molar refractivity (Wildman–Crippen MR) is 107 cm³/mol. The summed E-state index contributed by atoms with van der Waals surface area (Å²) in [5.41, 5.74) is 2.30. The maximum Gasteiger partial charge on any atom is 0.160 e. The van der Waals surface area contributed by atoms with Crippen LogP contribution < -0.4 is 4.74 Å². The summed E-state index contributed by atoms with van der Waals surface area (Å²) in [6, 6.07) is 12.7. The molecular weight excluding hydrogens is 433 g/mol. The van der Waals surface area contributed by atoms with Crippen molar-refractivity contribution in [1.29, 1.82) is 0 Å². The largest absolute Gasteiger partial charge is 0.496 e. The van der Waals surface area contributed by atoms with E-state index in [0.29, 0.717) is 5.25 Å². The van der Waals surface area contributed by atoms with E-state index >= 15 is 0 Å². The van der Waals surface area contributed by atoms with Crippen molar-refractivity contribution in [2.24, 2.45) is 4.99 Å². The molecule has 0 bridgehead atoms. The fraction of sp³-hybridized carbons (Fsp3) is 0.333. The van der Waals surface area contributed by atoms with E-state index in [2.05, 4.69) is 63.7 Å². The molecule has 0 radical (unpaired) electrons. The highest BCUT2D eigenvalue weighted by atomic mass is 127. The number of aromatic nitrogens is 1. The lowest BCUT2D eigenvalue weighted by atomic mass is 9.96. The Balaban J connectivity index is 1.77. The molecule has 2 aliphatic rings. The lowest BCUT2D eigenvalue weighted by molar-refractivity contribution is 0.320. The van der Waals surface area contributed by atoms with Gasteiger partial charge >= 0.3 is 0 Å². The van der Waals surface area contributed by atoms with Crippen LogP contribution in [-0.2, 0) is 0 Å². The number of halogens is 1. The molecule has 0 N–H and O–H groups in total. The van der Waals surface area contributed by atoms with E-state index < -0.39 is 0 Å². The zero-order valence-corrected chi connectivity index (χ0v) is 16.5. The minimum atomic E-state index is 0.0467. The smallest absolute Gasteiger partial charge is 0.160 e. The Bertz CT molecular complexity index is 783. The van der Waals surface area contributed by atoms with Gasteiger partial charge in [0.1, 0.15) is 11.8 Å². The molecule has 6 heteroatoms. The molecule has 3 heterocycles. The number of benzene rings is 1. The second-order valence-corrected chi connectivity index (χ2v) is 8.60. The zero-order chi connectivity index (χ0) is 16.7. The molecule has 1 saturated heterocycles. The van der Waals surface area contributed by atoms with Gasteiger partial charge in [-0.1, -0.05) is 30.8 Å². The average molecular weight is 451 g/mol. The minimum absolute atomic E-state index is 0.0467. The quantitative estimate of drug-likeness (QED) is 0.653. The summed E-state index contributed by atoms with van der Waals surface area (Å²) >= 11 is 4.20. The predicted octanol–water partition coefficient (Wildman–Crippen LogP) is 4.28. The molecule has 1 fully saturated rings. The van der Waals surface area contributed by atoms with Crippen molar-refractivity contribution in [3.63, 3.8) is 0 Å². The second-order valence-electron chi connectivity index (χ2n) is 6.03. The van der Waals surface area contributed by atoms with Gasteiger partial charge in [0.2, 0.25) is 0 Å². The van der Waals surface area contributed by atoms with E-state index in [4.69, 9.17) is 9.73 Å². The number of nitrogens with zero attached hydrogens (tertiary/aromatic N) is 3. The lowest BCUT2D eigenvalue weighted by Crippen LogP contribution is -2.28. The number of rotatable bonds is 3. The van der Waals surface area contributed by atoms with Crippen LogP contribution in [0.25, 0.3) is 0 Å².